The minimum absolute atomic E-state index is 0.0679. The Hall–Kier alpha value is -0.890. The summed E-state index contributed by atoms with van der Waals surface area (Å²) in [5.41, 5.74) is 0. The van der Waals surface area contributed by atoms with Crippen molar-refractivity contribution in [1.29, 1.82) is 0 Å². The minimum atomic E-state index is -5.10. The molecular weight excluding hydrogens is 323 g/mol. The van der Waals surface area contributed by atoms with Crippen molar-refractivity contribution in [3.63, 3.8) is 0 Å². The van der Waals surface area contributed by atoms with E-state index in [-0.39, 0.29) is 4.90 Å². The van der Waals surface area contributed by atoms with Gasteiger partial charge in [-0.1, -0.05) is 15.9 Å². The van der Waals surface area contributed by atoms with Crippen LogP contribution in [0.2, 0.25) is 0 Å². The van der Waals surface area contributed by atoms with Crippen LogP contribution in [0.25, 0.3) is 0 Å². The molecule has 1 aromatic rings. The third-order valence-electron chi connectivity index (χ3n) is 1.75. The van der Waals surface area contributed by atoms with Crippen molar-refractivity contribution in [2.75, 3.05) is 6.26 Å². The number of rotatable bonds is 1. The number of benzene rings is 1. The van der Waals surface area contributed by atoms with E-state index in [0.29, 0.717) is 4.47 Å². The van der Waals surface area contributed by atoms with Gasteiger partial charge in [0.1, 0.15) is 0 Å². The van der Waals surface area contributed by atoms with Gasteiger partial charge in [-0.15, -0.1) is 4.36 Å². The fourth-order valence-corrected chi connectivity index (χ4v) is 2.38. The largest absolute Gasteiger partial charge is 0.474 e. The summed E-state index contributed by atoms with van der Waals surface area (Å²) in [6, 6.07) is 5.71. The highest BCUT2D eigenvalue weighted by molar-refractivity contribution is 9.10. The molecule has 0 spiro atoms. The number of nitrogens with zero attached hydrogens (tertiary/aromatic N) is 1. The third kappa shape index (κ3) is 3.81. The van der Waals surface area contributed by atoms with Gasteiger partial charge in [-0.2, -0.15) is 13.2 Å². The molecule has 0 bridgehead atoms. The van der Waals surface area contributed by atoms with E-state index in [2.05, 4.69) is 20.3 Å². The average Bonchev–Trinajstić information content (AvgIpc) is 2.16. The molecule has 0 saturated carbocycles. The van der Waals surface area contributed by atoms with Crippen LogP contribution in [0.5, 0.6) is 0 Å². The van der Waals surface area contributed by atoms with Gasteiger partial charge in [-0.3, -0.25) is 4.79 Å². The van der Waals surface area contributed by atoms with Crippen molar-refractivity contribution in [3.8, 4) is 0 Å². The highest BCUT2D eigenvalue weighted by atomic mass is 79.9. The fraction of sp³-hybridized carbons (Fsp3) is 0.222. The van der Waals surface area contributed by atoms with E-state index in [4.69, 9.17) is 0 Å². The summed E-state index contributed by atoms with van der Waals surface area (Å²) in [7, 11) is -3.37. The lowest BCUT2D eigenvalue weighted by Gasteiger charge is -2.05. The highest BCUT2D eigenvalue weighted by Gasteiger charge is 2.39. The molecule has 1 amide bonds. The van der Waals surface area contributed by atoms with Gasteiger partial charge in [0.2, 0.25) is 0 Å². The van der Waals surface area contributed by atoms with Crippen molar-refractivity contribution >= 4 is 31.6 Å². The molecule has 1 aromatic carbocycles. The summed E-state index contributed by atoms with van der Waals surface area (Å²) in [6.07, 6.45) is -4.12. The molecule has 17 heavy (non-hydrogen) atoms. The van der Waals surface area contributed by atoms with Crippen LogP contribution in [-0.2, 0) is 14.5 Å². The average molecular weight is 330 g/mol. The van der Waals surface area contributed by atoms with Gasteiger partial charge in [0.25, 0.3) is 0 Å². The van der Waals surface area contributed by atoms with Crippen LogP contribution < -0.4 is 0 Å². The van der Waals surface area contributed by atoms with E-state index in [1.165, 1.54) is 24.3 Å². The van der Waals surface area contributed by atoms with Crippen LogP contribution in [0.4, 0.5) is 13.2 Å². The third-order valence-corrected chi connectivity index (χ3v) is 3.94. The zero-order valence-electron chi connectivity index (χ0n) is 8.49. The van der Waals surface area contributed by atoms with Crippen LogP contribution in [0.3, 0.4) is 0 Å². The molecule has 0 aliphatic carbocycles. The summed E-state index contributed by atoms with van der Waals surface area (Å²) in [4.78, 5) is 10.7. The number of halogens is 4. The van der Waals surface area contributed by atoms with Crippen LogP contribution in [0.1, 0.15) is 0 Å². The van der Waals surface area contributed by atoms with Crippen molar-refractivity contribution in [3.05, 3.63) is 28.7 Å². The Labute approximate surface area is 104 Å². The second-order valence-electron chi connectivity index (χ2n) is 3.15. The van der Waals surface area contributed by atoms with Gasteiger partial charge in [-0.25, -0.2) is 4.21 Å². The Kier molecular flexibility index (Phi) is 3.98. The van der Waals surface area contributed by atoms with Crippen molar-refractivity contribution in [1.82, 2.24) is 0 Å². The summed E-state index contributed by atoms with van der Waals surface area (Å²) in [5.74, 6) is -2.34. The molecule has 0 radical (unpaired) electrons. The second-order valence-corrected chi connectivity index (χ2v) is 6.33. The monoisotopic (exact) mass is 329 g/mol. The number of hydrogen-bond donors (Lipinski definition) is 0. The Morgan fingerprint density at radius 2 is 1.76 bits per heavy atom. The summed E-state index contributed by atoms with van der Waals surface area (Å²) in [6.45, 7) is 0. The molecule has 1 rings (SSSR count). The van der Waals surface area contributed by atoms with E-state index in [1.54, 1.807) is 0 Å². The lowest BCUT2D eigenvalue weighted by molar-refractivity contribution is -0.169. The van der Waals surface area contributed by atoms with E-state index >= 15 is 0 Å². The van der Waals surface area contributed by atoms with E-state index in [1.807, 2.05) is 0 Å². The molecule has 0 N–H and O–H groups in total. The van der Waals surface area contributed by atoms with Crippen LogP contribution in [0, 0.1) is 0 Å². The first-order valence-corrected chi connectivity index (χ1v) is 6.93. The first-order chi connectivity index (χ1) is 7.63. The van der Waals surface area contributed by atoms with E-state index in [0.717, 1.165) is 6.26 Å². The summed E-state index contributed by atoms with van der Waals surface area (Å²) in [5, 5.41) is 0. The van der Waals surface area contributed by atoms with Crippen molar-refractivity contribution < 1.29 is 22.2 Å². The predicted molar refractivity (Wildman–Crippen MR) is 60.0 cm³/mol. The zero-order valence-corrected chi connectivity index (χ0v) is 10.9. The van der Waals surface area contributed by atoms with Crippen LogP contribution >= 0.6 is 15.9 Å². The number of carbonyl (C=O) groups is 1. The SMILES string of the molecule is CS(=O)(=NC(=O)C(F)(F)F)c1ccc(Br)cc1. The highest BCUT2D eigenvalue weighted by Crippen LogP contribution is 2.21. The molecule has 1 unspecified atom stereocenters. The van der Waals surface area contributed by atoms with Gasteiger partial charge in [0, 0.05) is 15.6 Å². The first-order valence-electron chi connectivity index (χ1n) is 4.22. The van der Waals surface area contributed by atoms with Gasteiger partial charge < -0.3 is 0 Å². The molecule has 0 saturated heterocycles. The molecule has 1 atom stereocenters. The van der Waals surface area contributed by atoms with Crippen molar-refractivity contribution in [2.24, 2.45) is 4.36 Å². The van der Waals surface area contributed by atoms with Gasteiger partial charge in [0.05, 0.1) is 9.73 Å². The molecular formula is C9H7BrF3NO2S. The Morgan fingerprint density at radius 1 is 1.29 bits per heavy atom. The molecule has 94 valence electrons. The number of alkyl halides is 3. The van der Waals surface area contributed by atoms with Gasteiger partial charge in [0.15, 0.2) is 0 Å². The minimum Gasteiger partial charge on any atom is -0.261 e. The van der Waals surface area contributed by atoms with Crippen LogP contribution in [-0.4, -0.2) is 22.5 Å². The lowest BCUT2D eigenvalue weighted by Crippen LogP contribution is -2.21. The number of amides is 1. The molecule has 8 heteroatoms. The standard InChI is InChI=1S/C9H7BrF3NO2S/c1-17(16,14-8(15)9(11,12)13)7-4-2-6(10)3-5-7/h2-5H,1H3. The normalized spacial score (nSPS) is 15.1. The second kappa shape index (κ2) is 4.77. The van der Waals surface area contributed by atoms with Crippen LogP contribution in [0.15, 0.2) is 38.0 Å². The summed E-state index contributed by atoms with van der Waals surface area (Å²) >= 11 is 3.12. The smallest absolute Gasteiger partial charge is 0.261 e. The fourth-order valence-electron chi connectivity index (χ4n) is 0.950. The number of carbonyl (C=O) groups excluding carboxylic acids is 1. The maximum Gasteiger partial charge on any atom is 0.474 e. The molecule has 0 aromatic heterocycles. The quantitative estimate of drug-likeness (QED) is 0.795. The Morgan fingerprint density at radius 3 is 2.18 bits per heavy atom. The Balaban J connectivity index is 3.20. The molecule has 0 aliphatic rings. The van der Waals surface area contributed by atoms with E-state index in [9.17, 15) is 22.2 Å². The maximum atomic E-state index is 12.0. The van der Waals surface area contributed by atoms with Crippen molar-refractivity contribution in [2.45, 2.75) is 11.1 Å². The van der Waals surface area contributed by atoms with E-state index < -0.39 is 21.8 Å². The summed E-state index contributed by atoms with van der Waals surface area (Å²) < 4.78 is 51.2. The molecule has 3 nitrogen and oxygen atoms in total. The predicted octanol–water partition coefficient (Wildman–Crippen LogP) is 2.99. The topological polar surface area (TPSA) is 46.5 Å². The van der Waals surface area contributed by atoms with Gasteiger partial charge in [-0.05, 0) is 24.3 Å². The first kappa shape index (κ1) is 14.2. The molecule has 0 heterocycles. The molecule has 0 aliphatic heterocycles. The Bertz CT molecular complexity index is 544. The zero-order chi connectivity index (χ0) is 13.3. The maximum absolute atomic E-state index is 12.0. The number of hydrogen-bond acceptors (Lipinski definition) is 2. The lowest BCUT2D eigenvalue weighted by atomic mass is 10.4. The van der Waals surface area contributed by atoms with Gasteiger partial charge >= 0.3 is 12.1 Å². The molecule has 0 fully saturated rings.